The largest absolute Gasteiger partial charge is 0.478 e. The van der Waals surface area contributed by atoms with Gasteiger partial charge in [0.25, 0.3) is 0 Å². The second kappa shape index (κ2) is 6.14. The number of aromatic nitrogens is 1. The second-order valence-electron chi connectivity index (χ2n) is 4.50. The van der Waals surface area contributed by atoms with Crippen LogP contribution in [0, 0.1) is 5.82 Å². The fraction of sp³-hybridized carbons (Fsp3) is 0.200. The summed E-state index contributed by atoms with van der Waals surface area (Å²) in [6.45, 7) is 0.703. The summed E-state index contributed by atoms with van der Waals surface area (Å²) < 4.78 is 13.3. The van der Waals surface area contributed by atoms with Gasteiger partial charge in [0.05, 0.1) is 5.56 Å². The maximum atomic E-state index is 13.3. The van der Waals surface area contributed by atoms with Crippen LogP contribution in [-0.4, -0.2) is 29.7 Å². The topological polar surface area (TPSA) is 53.4 Å². The van der Waals surface area contributed by atoms with Gasteiger partial charge in [-0.3, -0.25) is 4.98 Å². The average molecular weight is 274 g/mol. The lowest BCUT2D eigenvalue weighted by Crippen LogP contribution is -2.20. The van der Waals surface area contributed by atoms with Crippen LogP contribution in [0.25, 0.3) is 0 Å². The Kier molecular flexibility index (Phi) is 4.30. The van der Waals surface area contributed by atoms with Crippen molar-refractivity contribution in [2.24, 2.45) is 0 Å². The number of pyridine rings is 1. The van der Waals surface area contributed by atoms with Gasteiger partial charge in [-0.25, -0.2) is 9.18 Å². The van der Waals surface area contributed by atoms with Gasteiger partial charge in [-0.15, -0.1) is 0 Å². The number of anilines is 1. The van der Waals surface area contributed by atoms with Gasteiger partial charge in [-0.2, -0.15) is 0 Å². The number of hydrogen-bond acceptors (Lipinski definition) is 3. The number of carbonyl (C=O) groups is 1. The highest BCUT2D eigenvalue weighted by molar-refractivity contribution is 5.89. The van der Waals surface area contributed by atoms with Crippen molar-refractivity contribution in [1.82, 2.24) is 4.98 Å². The Balaban J connectivity index is 2.07. The van der Waals surface area contributed by atoms with E-state index in [4.69, 9.17) is 5.11 Å². The highest BCUT2D eigenvalue weighted by atomic mass is 19.1. The van der Waals surface area contributed by atoms with Crippen molar-refractivity contribution >= 4 is 11.7 Å². The minimum Gasteiger partial charge on any atom is -0.478 e. The second-order valence-corrected chi connectivity index (χ2v) is 4.50. The molecule has 2 aromatic rings. The first-order chi connectivity index (χ1) is 9.58. The van der Waals surface area contributed by atoms with E-state index in [1.807, 2.05) is 24.1 Å². The molecule has 0 amide bonds. The molecule has 0 bridgehead atoms. The van der Waals surface area contributed by atoms with Crippen molar-refractivity contribution in [2.75, 3.05) is 18.5 Å². The number of nitrogens with zero attached hydrogens (tertiary/aromatic N) is 2. The molecule has 1 aromatic carbocycles. The fourth-order valence-electron chi connectivity index (χ4n) is 1.89. The third-order valence-corrected chi connectivity index (χ3v) is 3.11. The molecule has 0 spiro atoms. The zero-order valence-electron chi connectivity index (χ0n) is 11.1. The molecule has 20 heavy (non-hydrogen) atoms. The van der Waals surface area contributed by atoms with Gasteiger partial charge >= 0.3 is 5.97 Å². The number of carboxylic acid groups (broad SMARTS) is 1. The zero-order chi connectivity index (χ0) is 14.5. The Morgan fingerprint density at radius 2 is 2.00 bits per heavy atom. The quantitative estimate of drug-likeness (QED) is 0.910. The first kappa shape index (κ1) is 14.0. The summed E-state index contributed by atoms with van der Waals surface area (Å²) in [6.07, 6.45) is 4.27. The predicted molar refractivity (Wildman–Crippen MR) is 74.6 cm³/mol. The van der Waals surface area contributed by atoms with Crippen LogP contribution < -0.4 is 4.90 Å². The first-order valence-corrected chi connectivity index (χ1v) is 6.21. The van der Waals surface area contributed by atoms with Gasteiger partial charge in [0, 0.05) is 31.7 Å². The van der Waals surface area contributed by atoms with E-state index in [0.29, 0.717) is 12.2 Å². The third-order valence-electron chi connectivity index (χ3n) is 3.11. The summed E-state index contributed by atoms with van der Waals surface area (Å²) in [6, 6.07) is 7.97. The number of carboxylic acids is 1. The minimum absolute atomic E-state index is 0.307. The molecule has 0 aliphatic heterocycles. The Labute approximate surface area is 116 Å². The molecule has 1 N–H and O–H groups in total. The first-order valence-electron chi connectivity index (χ1n) is 6.21. The molecule has 0 aliphatic carbocycles. The lowest BCUT2D eigenvalue weighted by atomic mass is 10.1. The average Bonchev–Trinajstić information content (AvgIpc) is 2.46. The summed E-state index contributed by atoms with van der Waals surface area (Å²) in [7, 11) is 1.85. The van der Waals surface area contributed by atoms with E-state index in [1.165, 1.54) is 12.1 Å². The maximum absolute atomic E-state index is 13.3. The molecular formula is C15H15FN2O2. The van der Waals surface area contributed by atoms with Crippen LogP contribution in [-0.2, 0) is 6.42 Å². The predicted octanol–water partition coefficient (Wildman–Crippen LogP) is 2.60. The highest BCUT2D eigenvalue weighted by Gasteiger charge is 2.12. The van der Waals surface area contributed by atoms with E-state index >= 15 is 0 Å². The highest BCUT2D eigenvalue weighted by Crippen LogP contribution is 2.18. The molecule has 4 nitrogen and oxygen atoms in total. The van der Waals surface area contributed by atoms with Crippen LogP contribution in [0.15, 0.2) is 42.7 Å². The molecule has 0 aliphatic rings. The summed E-state index contributed by atoms with van der Waals surface area (Å²) >= 11 is 0. The minimum atomic E-state index is -1.26. The van der Waals surface area contributed by atoms with Gasteiger partial charge in [-0.05, 0) is 42.3 Å². The fourth-order valence-corrected chi connectivity index (χ4v) is 1.89. The molecule has 0 atom stereocenters. The summed E-state index contributed by atoms with van der Waals surface area (Å²) in [5.74, 6) is -1.98. The van der Waals surface area contributed by atoms with E-state index in [1.54, 1.807) is 18.5 Å². The third kappa shape index (κ3) is 3.32. The smallest absolute Gasteiger partial charge is 0.338 e. The van der Waals surface area contributed by atoms with Crippen LogP contribution in [0.2, 0.25) is 0 Å². The van der Waals surface area contributed by atoms with Gasteiger partial charge < -0.3 is 10.0 Å². The molecule has 5 heteroatoms. The molecule has 104 valence electrons. The van der Waals surface area contributed by atoms with Crippen molar-refractivity contribution < 1.29 is 14.3 Å². The van der Waals surface area contributed by atoms with Gasteiger partial charge in [0.1, 0.15) is 5.82 Å². The van der Waals surface area contributed by atoms with Gasteiger partial charge in [0.15, 0.2) is 0 Å². The number of rotatable bonds is 5. The van der Waals surface area contributed by atoms with Crippen molar-refractivity contribution in [3.63, 3.8) is 0 Å². The summed E-state index contributed by atoms with van der Waals surface area (Å²) in [5, 5.41) is 8.91. The van der Waals surface area contributed by atoms with E-state index in [-0.39, 0.29) is 5.56 Å². The summed E-state index contributed by atoms with van der Waals surface area (Å²) in [4.78, 5) is 16.8. The van der Waals surface area contributed by atoms with E-state index in [9.17, 15) is 9.18 Å². The van der Waals surface area contributed by atoms with Crippen molar-refractivity contribution in [3.8, 4) is 0 Å². The molecule has 0 unspecified atom stereocenters. The normalized spacial score (nSPS) is 10.3. The maximum Gasteiger partial charge on any atom is 0.338 e. The molecular weight excluding hydrogens is 259 g/mol. The van der Waals surface area contributed by atoms with Crippen LogP contribution >= 0.6 is 0 Å². The zero-order valence-corrected chi connectivity index (χ0v) is 11.1. The number of aromatic carboxylic acids is 1. The Morgan fingerprint density at radius 3 is 2.65 bits per heavy atom. The number of hydrogen-bond donors (Lipinski definition) is 1. The van der Waals surface area contributed by atoms with Crippen molar-refractivity contribution in [3.05, 3.63) is 59.7 Å². The van der Waals surface area contributed by atoms with Crippen LogP contribution in [0.1, 0.15) is 15.9 Å². The molecule has 2 rings (SSSR count). The number of halogens is 1. The van der Waals surface area contributed by atoms with E-state index in [0.717, 1.165) is 12.0 Å². The van der Waals surface area contributed by atoms with Gasteiger partial charge in [-0.1, -0.05) is 0 Å². The molecule has 0 saturated heterocycles. The van der Waals surface area contributed by atoms with E-state index in [2.05, 4.69) is 4.98 Å². The van der Waals surface area contributed by atoms with Crippen molar-refractivity contribution in [1.29, 1.82) is 0 Å². The number of benzene rings is 1. The van der Waals surface area contributed by atoms with Crippen molar-refractivity contribution in [2.45, 2.75) is 6.42 Å². The monoisotopic (exact) mass is 274 g/mol. The molecule has 0 fully saturated rings. The Hall–Kier alpha value is -2.43. The van der Waals surface area contributed by atoms with Crippen LogP contribution in [0.4, 0.5) is 10.1 Å². The molecule has 0 saturated carbocycles. The Morgan fingerprint density at radius 1 is 1.30 bits per heavy atom. The molecule has 1 aromatic heterocycles. The van der Waals surface area contributed by atoms with E-state index < -0.39 is 11.8 Å². The van der Waals surface area contributed by atoms with Gasteiger partial charge in [0.2, 0.25) is 0 Å². The lowest BCUT2D eigenvalue weighted by molar-refractivity contribution is 0.0692. The molecule has 0 radical (unpaired) electrons. The van der Waals surface area contributed by atoms with Crippen LogP contribution in [0.5, 0.6) is 0 Å². The van der Waals surface area contributed by atoms with Crippen LogP contribution in [0.3, 0.4) is 0 Å². The Bertz CT molecular complexity index is 602. The summed E-state index contributed by atoms with van der Waals surface area (Å²) in [5.41, 5.74) is 1.52. The molecule has 1 heterocycles. The standard InChI is InChI=1S/C15H15FN2O2/c1-18(9-6-11-4-7-17-8-5-11)12-2-3-14(16)13(10-12)15(19)20/h2-5,7-8,10H,6,9H2,1H3,(H,19,20). The lowest BCUT2D eigenvalue weighted by Gasteiger charge is -2.19. The SMILES string of the molecule is CN(CCc1ccncc1)c1ccc(F)c(C(=O)O)c1. The number of likely N-dealkylation sites (N-methyl/N-ethyl adjacent to an activating group) is 1.